The van der Waals surface area contributed by atoms with Gasteiger partial charge in [-0.25, -0.2) is 0 Å². The molecule has 0 bridgehead atoms. The van der Waals surface area contributed by atoms with Crippen LogP contribution in [0.2, 0.25) is 0 Å². The Morgan fingerprint density at radius 1 is 1.25 bits per heavy atom. The first kappa shape index (κ1) is 13.2. The van der Waals surface area contributed by atoms with E-state index in [1.54, 1.807) is 0 Å². The van der Waals surface area contributed by atoms with Gasteiger partial charge in [0, 0.05) is 12.1 Å². The Hall–Kier alpha value is -0.860. The van der Waals surface area contributed by atoms with E-state index in [1.807, 2.05) is 0 Å². The van der Waals surface area contributed by atoms with Crippen LogP contribution in [0.3, 0.4) is 0 Å². The summed E-state index contributed by atoms with van der Waals surface area (Å²) in [5, 5.41) is 0. The van der Waals surface area contributed by atoms with Crippen LogP contribution in [-0.4, -0.2) is 24.0 Å². The van der Waals surface area contributed by atoms with Gasteiger partial charge in [-0.2, -0.15) is 0 Å². The molecule has 0 aliphatic carbocycles. The highest BCUT2D eigenvalue weighted by molar-refractivity contribution is 5.25. The van der Waals surface area contributed by atoms with Gasteiger partial charge in [0.05, 0.1) is 0 Å². The van der Waals surface area contributed by atoms with Gasteiger partial charge in [0.15, 0.2) is 0 Å². The van der Waals surface area contributed by atoms with Gasteiger partial charge < -0.3 is 5.73 Å². The van der Waals surface area contributed by atoms with Crippen LogP contribution in [0.4, 0.5) is 0 Å². The largest absolute Gasteiger partial charge is 0.330 e. The standard InChI is InChI=1S/C14H24N2/c1-12-7-5-6-8-13(12)11-16(4)14(2,3)9-10-15/h5-8H,9-11,15H2,1-4H3. The number of hydrogen-bond acceptors (Lipinski definition) is 2. The average molecular weight is 220 g/mol. The van der Waals surface area contributed by atoms with E-state index in [0.29, 0.717) is 0 Å². The van der Waals surface area contributed by atoms with Crippen LogP contribution >= 0.6 is 0 Å². The Bertz CT molecular complexity index is 331. The Labute approximate surface area is 99.5 Å². The fourth-order valence-corrected chi connectivity index (χ4v) is 1.80. The highest BCUT2D eigenvalue weighted by Crippen LogP contribution is 2.20. The quantitative estimate of drug-likeness (QED) is 0.826. The van der Waals surface area contributed by atoms with Gasteiger partial charge in [0.2, 0.25) is 0 Å². The van der Waals surface area contributed by atoms with Crippen molar-refractivity contribution in [1.82, 2.24) is 4.90 Å². The SMILES string of the molecule is Cc1ccccc1CN(C)C(C)(C)CCN. The van der Waals surface area contributed by atoms with E-state index in [4.69, 9.17) is 5.73 Å². The number of nitrogens with two attached hydrogens (primary N) is 1. The molecule has 2 nitrogen and oxygen atoms in total. The zero-order valence-electron chi connectivity index (χ0n) is 11.0. The molecule has 0 unspecified atom stereocenters. The van der Waals surface area contributed by atoms with Gasteiger partial charge in [-0.05, 0) is 51.9 Å². The zero-order valence-corrected chi connectivity index (χ0v) is 11.0. The Morgan fingerprint density at radius 2 is 1.88 bits per heavy atom. The van der Waals surface area contributed by atoms with E-state index < -0.39 is 0 Å². The lowest BCUT2D eigenvalue weighted by Gasteiger charge is -2.35. The molecule has 1 rings (SSSR count). The van der Waals surface area contributed by atoms with Gasteiger partial charge >= 0.3 is 0 Å². The third kappa shape index (κ3) is 3.32. The molecule has 0 saturated carbocycles. The predicted molar refractivity (Wildman–Crippen MR) is 70.4 cm³/mol. The number of aryl methyl sites for hydroxylation is 1. The molecule has 16 heavy (non-hydrogen) atoms. The third-order valence-corrected chi connectivity index (χ3v) is 3.46. The smallest absolute Gasteiger partial charge is 0.0238 e. The molecule has 2 heteroatoms. The second-order valence-electron chi connectivity index (χ2n) is 5.13. The molecule has 0 radical (unpaired) electrons. The predicted octanol–water partition coefficient (Wildman–Crippen LogP) is 2.55. The van der Waals surface area contributed by atoms with Crippen molar-refractivity contribution in [2.75, 3.05) is 13.6 Å². The van der Waals surface area contributed by atoms with Crippen LogP contribution in [0, 0.1) is 6.92 Å². The van der Waals surface area contributed by atoms with E-state index in [2.05, 4.69) is 57.0 Å². The fourth-order valence-electron chi connectivity index (χ4n) is 1.80. The molecule has 0 aromatic heterocycles. The molecule has 2 N–H and O–H groups in total. The summed E-state index contributed by atoms with van der Waals surface area (Å²) in [6.07, 6.45) is 1.02. The molecule has 0 aliphatic heterocycles. The molecule has 0 heterocycles. The fraction of sp³-hybridized carbons (Fsp3) is 0.571. The molecule has 1 aromatic rings. The highest BCUT2D eigenvalue weighted by Gasteiger charge is 2.22. The van der Waals surface area contributed by atoms with Crippen molar-refractivity contribution in [1.29, 1.82) is 0 Å². The summed E-state index contributed by atoms with van der Waals surface area (Å²) in [7, 11) is 2.17. The molecule has 0 aliphatic rings. The van der Waals surface area contributed by atoms with E-state index in [0.717, 1.165) is 19.5 Å². The lowest BCUT2D eigenvalue weighted by atomic mass is 9.97. The molecule has 0 spiro atoms. The molecule has 0 saturated heterocycles. The Balaban J connectivity index is 2.71. The first-order valence-corrected chi connectivity index (χ1v) is 5.93. The van der Waals surface area contributed by atoms with E-state index in [9.17, 15) is 0 Å². The van der Waals surface area contributed by atoms with Crippen molar-refractivity contribution in [3.8, 4) is 0 Å². The maximum atomic E-state index is 5.65. The van der Waals surface area contributed by atoms with Gasteiger partial charge in [-0.1, -0.05) is 24.3 Å². The minimum absolute atomic E-state index is 0.164. The molecule has 0 fully saturated rings. The van der Waals surface area contributed by atoms with Crippen LogP contribution in [0.25, 0.3) is 0 Å². The lowest BCUT2D eigenvalue weighted by molar-refractivity contribution is 0.140. The molecular weight excluding hydrogens is 196 g/mol. The van der Waals surface area contributed by atoms with Crippen LogP contribution in [0.1, 0.15) is 31.4 Å². The monoisotopic (exact) mass is 220 g/mol. The van der Waals surface area contributed by atoms with Crippen molar-refractivity contribution >= 4 is 0 Å². The van der Waals surface area contributed by atoms with Gasteiger partial charge in [0.25, 0.3) is 0 Å². The number of rotatable bonds is 5. The van der Waals surface area contributed by atoms with Crippen molar-refractivity contribution in [2.24, 2.45) is 5.73 Å². The van der Waals surface area contributed by atoms with Gasteiger partial charge in [0.1, 0.15) is 0 Å². The van der Waals surface area contributed by atoms with Crippen molar-refractivity contribution in [3.05, 3.63) is 35.4 Å². The second-order valence-corrected chi connectivity index (χ2v) is 5.13. The summed E-state index contributed by atoms with van der Waals surface area (Å²) in [5.74, 6) is 0. The molecule has 0 atom stereocenters. The first-order chi connectivity index (χ1) is 7.47. The highest BCUT2D eigenvalue weighted by atomic mass is 15.2. The van der Waals surface area contributed by atoms with E-state index in [1.165, 1.54) is 11.1 Å². The molecule has 0 amide bonds. The number of hydrogen-bond donors (Lipinski definition) is 1. The van der Waals surface area contributed by atoms with Crippen molar-refractivity contribution in [3.63, 3.8) is 0 Å². The van der Waals surface area contributed by atoms with Gasteiger partial charge in [-0.15, -0.1) is 0 Å². The summed E-state index contributed by atoms with van der Waals surface area (Å²) >= 11 is 0. The van der Waals surface area contributed by atoms with Gasteiger partial charge in [-0.3, -0.25) is 4.90 Å². The zero-order chi connectivity index (χ0) is 12.2. The lowest BCUT2D eigenvalue weighted by Crippen LogP contribution is -2.42. The van der Waals surface area contributed by atoms with Crippen LogP contribution in [0.15, 0.2) is 24.3 Å². The minimum atomic E-state index is 0.164. The summed E-state index contributed by atoms with van der Waals surface area (Å²) in [4.78, 5) is 2.38. The minimum Gasteiger partial charge on any atom is -0.330 e. The number of benzene rings is 1. The summed E-state index contributed by atoms with van der Waals surface area (Å²) < 4.78 is 0. The topological polar surface area (TPSA) is 29.3 Å². The molecular formula is C14H24N2. The Morgan fingerprint density at radius 3 is 2.44 bits per heavy atom. The Kier molecular flexibility index (Phi) is 4.51. The second kappa shape index (κ2) is 5.46. The molecule has 1 aromatic carbocycles. The molecule has 90 valence electrons. The maximum Gasteiger partial charge on any atom is 0.0238 e. The van der Waals surface area contributed by atoms with Crippen LogP contribution < -0.4 is 5.73 Å². The third-order valence-electron chi connectivity index (χ3n) is 3.46. The van der Waals surface area contributed by atoms with Crippen molar-refractivity contribution < 1.29 is 0 Å². The number of nitrogens with zero attached hydrogens (tertiary/aromatic N) is 1. The summed E-state index contributed by atoms with van der Waals surface area (Å²) in [6, 6.07) is 8.55. The first-order valence-electron chi connectivity index (χ1n) is 5.93. The van der Waals surface area contributed by atoms with E-state index in [-0.39, 0.29) is 5.54 Å². The van der Waals surface area contributed by atoms with E-state index >= 15 is 0 Å². The normalized spacial score (nSPS) is 12.1. The average Bonchev–Trinajstić information content (AvgIpc) is 2.21. The van der Waals surface area contributed by atoms with Crippen molar-refractivity contribution in [2.45, 2.75) is 39.3 Å². The summed E-state index contributed by atoms with van der Waals surface area (Å²) in [5.41, 5.74) is 8.57. The summed E-state index contributed by atoms with van der Waals surface area (Å²) in [6.45, 7) is 8.39. The van der Waals surface area contributed by atoms with Crippen LogP contribution in [-0.2, 0) is 6.54 Å². The van der Waals surface area contributed by atoms with Crippen LogP contribution in [0.5, 0.6) is 0 Å². The maximum absolute atomic E-state index is 5.65.